The van der Waals surface area contributed by atoms with Crippen LogP contribution in [0.3, 0.4) is 0 Å². The fraction of sp³-hybridized carbons (Fsp3) is 1.00. The first kappa shape index (κ1) is 15.2. The smallest absolute Gasteiger partial charge is 0.0866 e. The van der Waals surface area contributed by atoms with Crippen LogP contribution in [-0.2, 0) is 9.47 Å². The molecule has 2 bridgehead atoms. The monoisotopic (exact) mass is 384 g/mol. The SMILES string of the molecule is CC[C@H](Br)[C@H]1C[C@@H](Br)[C@H]2C[C@H](O2)[C@H](CCCO)O1. The number of rotatable bonds is 5. The third-order valence-corrected chi connectivity index (χ3v) is 6.08. The van der Waals surface area contributed by atoms with E-state index < -0.39 is 0 Å². The van der Waals surface area contributed by atoms with Gasteiger partial charge in [-0.3, -0.25) is 0 Å². The molecular weight excluding hydrogens is 364 g/mol. The minimum Gasteiger partial charge on any atom is -0.396 e. The standard InChI is InChI=1S/C13H22Br2O3/c1-2-8(14)11-6-9(15)12-7-13(18-12)10(17-11)4-3-5-16/h8-13,16H,2-7H2,1H3/t8-,9+,10-,11+,12+,13-/m0/s1. The van der Waals surface area contributed by atoms with Crippen LogP contribution in [-0.4, -0.2) is 45.8 Å². The summed E-state index contributed by atoms with van der Waals surface area (Å²) in [4.78, 5) is 0.788. The summed E-state index contributed by atoms with van der Waals surface area (Å²) >= 11 is 7.44. The summed E-state index contributed by atoms with van der Waals surface area (Å²) in [5.74, 6) is 0. The van der Waals surface area contributed by atoms with Crippen molar-refractivity contribution < 1.29 is 14.6 Å². The van der Waals surface area contributed by atoms with Gasteiger partial charge in [0.25, 0.3) is 0 Å². The third-order valence-electron chi connectivity index (χ3n) is 3.88. The highest BCUT2D eigenvalue weighted by Gasteiger charge is 2.44. The zero-order valence-corrected chi connectivity index (χ0v) is 13.9. The van der Waals surface area contributed by atoms with Gasteiger partial charge in [-0.2, -0.15) is 0 Å². The second-order valence-electron chi connectivity index (χ2n) is 5.20. The Morgan fingerprint density at radius 3 is 2.61 bits per heavy atom. The average molecular weight is 386 g/mol. The van der Waals surface area contributed by atoms with Gasteiger partial charge in [0.1, 0.15) is 0 Å². The minimum atomic E-state index is 0.144. The molecule has 3 rings (SSSR count). The fourth-order valence-corrected chi connectivity index (χ4v) is 3.75. The fourth-order valence-electron chi connectivity index (χ4n) is 2.70. The second-order valence-corrected chi connectivity index (χ2v) is 7.56. The summed E-state index contributed by atoms with van der Waals surface area (Å²) in [5, 5.41) is 8.97. The maximum Gasteiger partial charge on any atom is 0.0866 e. The van der Waals surface area contributed by atoms with Gasteiger partial charge < -0.3 is 14.6 Å². The Balaban J connectivity index is 1.98. The Kier molecular flexibility index (Phi) is 5.94. The van der Waals surface area contributed by atoms with E-state index in [2.05, 4.69) is 38.8 Å². The predicted octanol–water partition coefficient (Wildman–Crippen LogP) is 3.01. The van der Waals surface area contributed by atoms with Crippen LogP contribution in [0.2, 0.25) is 0 Å². The topological polar surface area (TPSA) is 38.7 Å². The quantitative estimate of drug-likeness (QED) is 0.739. The first-order valence-corrected chi connectivity index (χ1v) is 8.68. The molecule has 3 saturated heterocycles. The highest BCUT2D eigenvalue weighted by molar-refractivity contribution is 9.09. The molecule has 3 heterocycles. The molecule has 0 aliphatic carbocycles. The molecule has 0 aromatic carbocycles. The first-order chi connectivity index (χ1) is 8.65. The number of alkyl halides is 2. The van der Waals surface area contributed by atoms with Crippen LogP contribution in [0.1, 0.15) is 39.0 Å². The molecule has 0 radical (unpaired) electrons. The van der Waals surface area contributed by atoms with Gasteiger partial charge in [0.15, 0.2) is 0 Å². The van der Waals surface area contributed by atoms with Gasteiger partial charge in [-0.05, 0) is 25.7 Å². The van der Waals surface area contributed by atoms with Crippen LogP contribution in [0.15, 0.2) is 0 Å². The van der Waals surface area contributed by atoms with E-state index in [4.69, 9.17) is 14.6 Å². The van der Waals surface area contributed by atoms with Crippen molar-refractivity contribution in [1.82, 2.24) is 0 Å². The van der Waals surface area contributed by atoms with Crippen molar-refractivity contribution >= 4 is 31.9 Å². The first-order valence-electron chi connectivity index (χ1n) is 6.85. The second kappa shape index (κ2) is 7.02. The molecule has 3 nitrogen and oxygen atoms in total. The van der Waals surface area contributed by atoms with Crippen molar-refractivity contribution in [3.63, 3.8) is 0 Å². The Morgan fingerprint density at radius 1 is 1.28 bits per heavy atom. The Morgan fingerprint density at radius 2 is 2.00 bits per heavy atom. The van der Waals surface area contributed by atoms with Crippen LogP contribution >= 0.6 is 31.9 Å². The van der Waals surface area contributed by atoms with Gasteiger partial charge in [-0.15, -0.1) is 0 Å². The van der Waals surface area contributed by atoms with E-state index in [1.165, 1.54) is 0 Å². The Labute approximate surface area is 126 Å². The van der Waals surface area contributed by atoms with Gasteiger partial charge in [-0.1, -0.05) is 38.8 Å². The van der Waals surface area contributed by atoms with E-state index in [-0.39, 0.29) is 24.9 Å². The average Bonchev–Trinajstić information content (AvgIpc) is 2.28. The van der Waals surface area contributed by atoms with Crippen LogP contribution in [0.25, 0.3) is 0 Å². The highest BCUT2D eigenvalue weighted by Crippen LogP contribution is 2.39. The molecule has 3 fully saturated rings. The van der Waals surface area contributed by atoms with E-state index in [1.807, 2.05) is 0 Å². The summed E-state index contributed by atoms with van der Waals surface area (Å²) in [6, 6.07) is 0. The third kappa shape index (κ3) is 3.48. The lowest BCUT2D eigenvalue weighted by molar-refractivity contribution is -0.216. The number of fused-ring (bicyclic) bond motifs is 4. The van der Waals surface area contributed by atoms with Gasteiger partial charge in [0.05, 0.1) is 24.4 Å². The molecule has 18 heavy (non-hydrogen) atoms. The molecule has 3 aliphatic rings. The number of aliphatic hydroxyl groups is 1. The zero-order chi connectivity index (χ0) is 13.1. The minimum absolute atomic E-state index is 0.144. The molecule has 0 amide bonds. The lowest BCUT2D eigenvalue weighted by Crippen LogP contribution is -2.55. The van der Waals surface area contributed by atoms with Gasteiger partial charge >= 0.3 is 0 Å². The van der Waals surface area contributed by atoms with Crippen LogP contribution in [0.5, 0.6) is 0 Å². The molecule has 6 atom stereocenters. The lowest BCUT2D eigenvalue weighted by Gasteiger charge is -2.47. The molecule has 0 aromatic heterocycles. The van der Waals surface area contributed by atoms with Crippen molar-refractivity contribution in [3.05, 3.63) is 0 Å². The van der Waals surface area contributed by atoms with Crippen molar-refractivity contribution in [2.24, 2.45) is 0 Å². The van der Waals surface area contributed by atoms with Gasteiger partial charge in [-0.25, -0.2) is 0 Å². The molecule has 0 spiro atoms. The molecule has 0 saturated carbocycles. The molecule has 106 valence electrons. The Bertz CT molecular complexity index is 259. The number of ether oxygens (including phenoxy) is 2. The largest absolute Gasteiger partial charge is 0.396 e. The van der Waals surface area contributed by atoms with Crippen molar-refractivity contribution in [1.29, 1.82) is 0 Å². The van der Waals surface area contributed by atoms with Crippen molar-refractivity contribution in [2.75, 3.05) is 6.61 Å². The molecule has 5 heteroatoms. The molecule has 1 N–H and O–H groups in total. The van der Waals surface area contributed by atoms with E-state index >= 15 is 0 Å². The summed E-state index contributed by atoms with van der Waals surface area (Å²) in [7, 11) is 0. The summed E-state index contributed by atoms with van der Waals surface area (Å²) < 4.78 is 12.1. The summed E-state index contributed by atoms with van der Waals surface area (Å²) in [6.07, 6.45) is 5.75. The number of hydrogen-bond donors (Lipinski definition) is 1. The van der Waals surface area contributed by atoms with E-state index in [9.17, 15) is 0 Å². The maximum atomic E-state index is 8.97. The number of hydrogen-bond acceptors (Lipinski definition) is 3. The summed E-state index contributed by atoms with van der Waals surface area (Å²) in [5.41, 5.74) is 0. The van der Waals surface area contributed by atoms with E-state index in [0.29, 0.717) is 15.8 Å². The van der Waals surface area contributed by atoms with Crippen LogP contribution in [0, 0.1) is 0 Å². The highest BCUT2D eigenvalue weighted by atomic mass is 79.9. The molecule has 0 aromatic rings. The molecular formula is C13H22Br2O3. The number of aliphatic hydroxyl groups excluding tert-OH is 1. The van der Waals surface area contributed by atoms with E-state index in [0.717, 1.165) is 32.1 Å². The molecule has 3 aliphatic heterocycles. The van der Waals surface area contributed by atoms with Crippen molar-refractivity contribution in [2.45, 2.75) is 73.1 Å². The predicted molar refractivity (Wildman–Crippen MR) is 78.6 cm³/mol. The zero-order valence-electron chi connectivity index (χ0n) is 10.7. The summed E-state index contributed by atoms with van der Waals surface area (Å²) in [6.45, 7) is 2.40. The van der Waals surface area contributed by atoms with Crippen LogP contribution < -0.4 is 0 Å². The number of halogens is 2. The molecule has 0 unspecified atom stereocenters. The Hall–Kier alpha value is 0.840. The van der Waals surface area contributed by atoms with Crippen molar-refractivity contribution in [3.8, 4) is 0 Å². The maximum absolute atomic E-state index is 8.97. The van der Waals surface area contributed by atoms with E-state index in [1.54, 1.807) is 0 Å². The van der Waals surface area contributed by atoms with Gasteiger partial charge in [0.2, 0.25) is 0 Å². The van der Waals surface area contributed by atoms with Gasteiger partial charge in [0, 0.05) is 22.7 Å². The lowest BCUT2D eigenvalue weighted by atomic mass is 9.90. The normalized spacial score (nSPS) is 41.7. The van der Waals surface area contributed by atoms with Crippen LogP contribution in [0.4, 0.5) is 0 Å².